The lowest BCUT2D eigenvalue weighted by atomic mass is 10.0. The molecule has 4 aromatic rings. The number of hydrogen-bond acceptors (Lipinski definition) is 6. The number of benzene rings is 2. The molecule has 2 heterocycles. The van der Waals surface area contributed by atoms with Crippen LogP contribution in [0.5, 0.6) is 0 Å². The summed E-state index contributed by atoms with van der Waals surface area (Å²) in [5, 5.41) is 25.6. The predicted molar refractivity (Wildman–Crippen MR) is 116 cm³/mol. The van der Waals surface area contributed by atoms with E-state index >= 15 is 0 Å². The van der Waals surface area contributed by atoms with E-state index in [0.717, 1.165) is 18.5 Å². The molecule has 32 heavy (non-hydrogen) atoms. The third-order valence-corrected chi connectivity index (χ3v) is 5.26. The molecule has 0 aliphatic heterocycles. The smallest absolute Gasteiger partial charge is 0.173 e. The normalized spacial score (nSPS) is 11.9. The minimum atomic E-state index is -0.559. The van der Waals surface area contributed by atoms with Crippen LogP contribution in [-0.4, -0.2) is 36.3 Å². The fraction of sp³-hybridized carbons (Fsp3) is 0.227. The van der Waals surface area contributed by atoms with Crippen LogP contribution in [0.15, 0.2) is 61.2 Å². The standard InChI is InChI=1S/C22H20ClFN8/c23-19-5-2-16(3-6-19)14-32-22(28-29-30-32)21(17-4-7-20(24)18(12-17)13-25)27-8-1-10-31-11-9-26-15-31/h2-7,9,11-12,15,21,27H,1,8,10,14H2. The van der Waals surface area contributed by atoms with E-state index in [9.17, 15) is 9.65 Å². The highest BCUT2D eigenvalue weighted by atomic mass is 35.5. The number of rotatable bonds is 9. The molecule has 0 spiro atoms. The molecule has 0 radical (unpaired) electrons. The zero-order chi connectivity index (χ0) is 22.3. The highest BCUT2D eigenvalue weighted by Gasteiger charge is 2.22. The summed E-state index contributed by atoms with van der Waals surface area (Å²) in [6, 6.07) is 13.4. The number of aryl methyl sites for hydroxylation is 1. The highest BCUT2D eigenvalue weighted by Crippen LogP contribution is 2.23. The second kappa shape index (κ2) is 10.1. The lowest BCUT2D eigenvalue weighted by Crippen LogP contribution is -2.28. The van der Waals surface area contributed by atoms with E-state index in [1.54, 1.807) is 23.3 Å². The van der Waals surface area contributed by atoms with E-state index in [0.29, 0.717) is 29.5 Å². The zero-order valence-electron chi connectivity index (χ0n) is 17.1. The molecule has 1 unspecified atom stereocenters. The van der Waals surface area contributed by atoms with Crippen molar-refractivity contribution in [2.24, 2.45) is 0 Å². The van der Waals surface area contributed by atoms with Crippen molar-refractivity contribution in [1.29, 1.82) is 5.26 Å². The van der Waals surface area contributed by atoms with Crippen LogP contribution < -0.4 is 5.32 Å². The molecule has 2 aromatic heterocycles. The van der Waals surface area contributed by atoms with Gasteiger partial charge in [0.2, 0.25) is 0 Å². The van der Waals surface area contributed by atoms with E-state index in [4.69, 9.17) is 11.6 Å². The van der Waals surface area contributed by atoms with Gasteiger partial charge in [0.25, 0.3) is 0 Å². The monoisotopic (exact) mass is 450 g/mol. The predicted octanol–water partition coefficient (Wildman–Crippen LogP) is 3.35. The molecule has 1 atom stereocenters. The van der Waals surface area contributed by atoms with Gasteiger partial charge in [0.1, 0.15) is 11.9 Å². The first kappa shape index (κ1) is 21.6. The molecule has 0 saturated carbocycles. The third kappa shape index (κ3) is 5.17. The van der Waals surface area contributed by atoms with Gasteiger partial charge in [-0.25, -0.2) is 14.1 Å². The van der Waals surface area contributed by atoms with Crippen molar-refractivity contribution < 1.29 is 4.39 Å². The van der Waals surface area contributed by atoms with Crippen LogP contribution in [0.4, 0.5) is 4.39 Å². The van der Waals surface area contributed by atoms with Gasteiger partial charge in [-0.1, -0.05) is 29.8 Å². The number of aromatic nitrogens is 6. The average molecular weight is 451 g/mol. The lowest BCUT2D eigenvalue weighted by molar-refractivity contribution is 0.501. The molecule has 162 valence electrons. The summed E-state index contributed by atoms with van der Waals surface area (Å²) in [6.07, 6.45) is 6.24. The van der Waals surface area contributed by atoms with Gasteiger partial charge in [-0.05, 0) is 58.8 Å². The molecular weight excluding hydrogens is 431 g/mol. The Morgan fingerprint density at radius 1 is 1.19 bits per heavy atom. The van der Waals surface area contributed by atoms with E-state index in [1.165, 1.54) is 12.1 Å². The first-order valence-electron chi connectivity index (χ1n) is 10.0. The third-order valence-electron chi connectivity index (χ3n) is 5.01. The lowest BCUT2D eigenvalue weighted by Gasteiger charge is -2.19. The first-order chi connectivity index (χ1) is 15.6. The van der Waals surface area contributed by atoms with Crippen molar-refractivity contribution in [3.63, 3.8) is 0 Å². The van der Waals surface area contributed by atoms with E-state index in [1.807, 2.05) is 41.1 Å². The Morgan fingerprint density at radius 3 is 2.78 bits per heavy atom. The maximum absolute atomic E-state index is 13.9. The maximum atomic E-state index is 13.9. The van der Waals surface area contributed by atoms with Crippen molar-refractivity contribution in [2.45, 2.75) is 25.6 Å². The molecule has 2 aromatic carbocycles. The van der Waals surface area contributed by atoms with Gasteiger partial charge >= 0.3 is 0 Å². The van der Waals surface area contributed by atoms with Gasteiger partial charge < -0.3 is 9.88 Å². The molecule has 4 rings (SSSR count). The number of tetrazole rings is 1. The number of nitriles is 1. The van der Waals surface area contributed by atoms with Gasteiger partial charge in [0.15, 0.2) is 5.82 Å². The average Bonchev–Trinajstić information content (AvgIpc) is 3.48. The first-order valence-corrected chi connectivity index (χ1v) is 10.4. The van der Waals surface area contributed by atoms with Crippen LogP contribution in [0.2, 0.25) is 5.02 Å². The van der Waals surface area contributed by atoms with Crippen molar-refractivity contribution in [1.82, 2.24) is 35.1 Å². The number of imidazole rings is 1. The molecular formula is C22H20ClFN8. The van der Waals surface area contributed by atoms with Gasteiger partial charge in [-0.2, -0.15) is 5.26 Å². The van der Waals surface area contributed by atoms with Crippen LogP contribution in [-0.2, 0) is 13.1 Å². The number of nitrogens with zero attached hydrogens (tertiary/aromatic N) is 7. The molecule has 0 saturated heterocycles. The molecule has 10 heteroatoms. The number of nitrogens with one attached hydrogen (secondary N) is 1. The minimum Gasteiger partial charge on any atom is -0.337 e. The number of hydrogen-bond donors (Lipinski definition) is 1. The van der Waals surface area contributed by atoms with Crippen molar-refractivity contribution in [3.8, 4) is 6.07 Å². The van der Waals surface area contributed by atoms with Gasteiger partial charge in [-0.15, -0.1) is 5.10 Å². The summed E-state index contributed by atoms with van der Waals surface area (Å²) in [4.78, 5) is 4.05. The summed E-state index contributed by atoms with van der Waals surface area (Å²) in [5.74, 6) is 0.00828. The molecule has 0 fully saturated rings. The molecule has 1 N–H and O–H groups in total. The quantitative estimate of drug-likeness (QED) is 0.393. The van der Waals surface area contributed by atoms with E-state index in [2.05, 4.69) is 25.8 Å². The van der Waals surface area contributed by atoms with Crippen molar-refractivity contribution in [2.75, 3.05) is 6.54 Å². The van der Waals surface area contributed by atoms with Crippen LogP contribution in [0, 0.1) is 17.1 Å². The summed E-state index contributed by atoms with van der Waals surface area (Å²) in [6.45, 7) is 1.89. The van der Waals surface area contributed by atoms with Gasteiger partial charge in [0, 0.05) is 24.0 Å². The fourth-order valence-electron chi connectivity index (χ4n) is 3.39. The summed E-state index contributed by atoms with van der Waals surface area (Å²) in [5.41, 5.74) is 1.67. The summed E-state index contributed by atoms with van der Waals surface area (Å²) >= 11 is 5.98. The Morgan fingerprint density at radius 2 is 2.03 bits per heavy atom. The molecule has 0 amide bonds. The fourth-order valence-corrected chi connectivity index (χ4v) is 3.51. The summed E-state index contributed by atoms with van der Waals surface area (Å²) in [7, 11) is 0. The minimum absolute atomic E-state index is 0.0237. The van der Waals surface area contributed by atoms with Gasteiger partial charge in [-0.3, -0.25) is 0 Å². The largest absolute Gasteiger partial charge is 0.337 e. The summed E-state index contributed by atoms with van der Waals surface area (Å²) < 4.78 is 17.6. The van der Waals surface area contributed by atoms with Crippen LogP contribution in [0.1, 0.15) is 35.0 Å². The SMILES string of the molecule is N#Cc1cc(C(NCCCn2ccnc2)c2nnnn2Cc2ccc(Cl)cc2)ccc1F. The molecule has 8 nitrogen and oxygen atoms in total. The van der Waals surface area contributed by atoms with E-state index < -0.39 is 11.9 Å². The molecule has 0 aliphatic carbocycles. The van der Waals surface area contributed by atoms with Gasteiger partial charge in [0.05, 0.1) is 24.5 Å². The number of halogens is 2. The van der Waals surface area contributed by atoms with Crippen molar-refractivity contribution >= 4 is 11.6 Å². The highest BCUT2D eigenvalue weighted by molar-refractivity contribution is 6.30. The molecule has 0 aliphatic rings. The zero-order valence-corrected chi connectivity index (χ0v) is 17.8. The Kier molecular flexibility index (Phi) is 6.84. The van der Waals surface area contributed by atoms with Crippen molar-refractivity contribution in [3.05, 3.63) is 94.5 Å². The maximum Gasteiger partial charge on any atom is 0.173 e. The topological polar surface area (TPSA) is 97.2 Å². The van der Waals surface area contributed by atoms with E-state index in [-0.39, 0.29) is 5.56 Å². The Bertz CT molecular complexity index is 1200. The van der Waals surface area contributed by atoms with Crippen LogP contribution in [0.3, 0.4) is 0 Å². The second-order valence-electron chi connectivity index (χ2n) is 7.21. The Hall–Kier alpha value is -3.61. The Labute approximate surface area is 189 Å². The second-order valence-corrected chi connectivity index (χ2v) is 7.65. The van der Waals surface area contributed by atoms with Crippen LogP contribution in [0.25, 0.3) is 0 Å². The molecule has 0 bridgehead atoms. The Balaban J connectivity index is 1.58. The van der Waals surface area contributed by atoms with Crippen LogP contribution >= 0.6 is 11.6 Å².